The first-order chi connectivity index (χ1) is 11.5. The summed E-state index contributed by atoms with van der Waals surface area (Å²) in [4.78, 5) is 10.1. The second kappa shape index (κ2) is 6.78. The van der Waals surface area contributed by atoms with Crippen LogP contribution < -0.4 is 0 Å². The van der Waals surface area contributed by atoms with Crippen LogP contribution in [0.5, 0.6) is 0 Å². The minimum Gasteiger partial charge on any atom is -0.478 e. The zero-order valence-electron chi connectivity index (χ0n) is 13.3. The van der Waals surface area contributed by atoms with Crippen LogP contribution in [-0.2, 0) is 19.7 Å². The maximum absolute atomic E-state index is 13.1. The summed E-state index contributed by atoms with van der Waals surface area (Å²) in [6.45, 7) is 1.39. The van der Waals surface area contributed by atoms with Gasteiger partial charge in [-0.2, -0.15) is 0 Å². The molecule has 1 unspecified atom stereocenters. The van der Waals surface area contributed by atoms with Crippen molar-refractivity contribution in [2.45, 2.75) is 22.0 Å². The molecule has 0 saturated carbocycles. The Morgan fingerprint density at radius 3 is 2.08 bits per heavy atom. The predicted octanol–water partition coefficient (Wildman–Crippen LogP) is 2.98. The van der Waals surface area contributed by atoms with Crippen molar-refractivity contribution in [3.8, 4) is 0 Å². The summed E-state index contributed by atoms with van der Waals surface area (Å²) in [7, 11) is -8.22. The summed E-state index contributed by atoms with van der Waals surface area (Å²) in [5, 5.41) is 7.45. The Hall–Kier alpha value is -1.90. The molecule has 0 aliphatic carbocycles. The first kappa shape index (κ1) is 19.4. The smallest absolute Gasteiger partial charge is 0.337 e. The van der Waals surface area contributed by atoms with Crippen LogP contribution in [0.3, 0.4) is 0 Å². The van der Waals surface area contributed by atoms with E-state index in [1.165, 1.54) is 6.92 Å². The second-order valence-electron chi connectivity index (χ2n) is 5.43. The van der Waals surface area contributed by atoms with Crippen LogP contribution in [0.15, 0.2) is 52.3 Å². The van der Waals surface area contributed by atoms with Crippen LogP contribution in [0, 0.1) is 0 Å². The van der Waals surface area contributed by atoms with E-state index < -0.39 is 51.3 Å². The van der Waals surface area contributed by atoms with Crippen LogP contribution in [0.4, 0.5) is 0 Å². The molecule has 134 valence electrons. The molecule has 6 nitrogen and oxygen atoms in total. The molecule has 0 saturated heterocycles. The van der Waals surface area contributed by atoms with E-state index in [9.17, 15) is 26.7 Å². The third-order valence-electron chi connectivity index (χ3n) is 3.71. The van der Waals surface area contributed by atoms with Gasteiger partial charge in [0.25, 0.3) is 0 Å². The van der Waals surface area contributed by atoms with E-state index in [4.69, 9.17) is 11.6 Å². The lowest BCUT2D eigenvalue weighted by molar-refractivity contribution is 0.0696. The number of hydrogen-bond donors (Lipinski definition) is 1. The lowest BCUT2D eigenvalue weighted by Gasteiger charge is -2.18. The molecule has 0 bridgehead atoms. The van der Waals surface area contributed by atoms with E-state index in [1.54, 1.807) is 30.3 Å². The monoisotopic (exact) mass is 402 g/mol. The lowest BCUT2D eigenvalue weighted by atomic mass is 10.2. The predicted molar refractivity (Wildman–Crippen MR) is 93.6 cm³/mol. The minimum absolute atomic E-state index is 0.429. The van der Waals surface area contributed by atoms with Gasteiger partial charge in [-0.25, -0.2) is 21.6 Å². The Morgan fingerprint density at radius 2 is 1.60 bits per heavy atom. The highest BCUT2D eigenvalue weighted by Crippen LogP contribution is 2.38. The number of aromatic carboxylic acids is 1. The van der Waals surface area contributed by atoms with Crippen molar-refractivity contribution in [3.05, 3.63) is 58.6 Å². The van der Waals surface area contributed by atoms with Crippen molar-refractivity contribution in [1.82, 2.24) is 0 Å². The SMILES string of the molecule is CC(c1ccccc1)S(=O)(=O)c1c(S(C)(=O)=O)ccc(C(=O)O)c1Cl. The summed E-state index contributed by atoms with van der Waals surface area (Å²) >= 11 is 6.01. The molecule has 0 aromatic heterocycles. The van der Waals surface area contributed by atoms with Crippen LogP contribution in [0.25, 0.3) is 0 Å². The molecule has 0 radical (unpaired) electrons. The van der Waals surface area contributed by atoms with E-state index >= 15 is 0 Å². The van der Waals surface area contributed by atoms with Crippen molar-refractivity contribution in [2.75, 3.05) is 6.26 Å². The Kier molecular flexibility index (Phi) is 5.27. The fourth-order valence-corrected chi connectivity index (χ4v) is 6.10. The summed E-state index contributed by atoms with van der Waals surface area (Å²) < 4.78 is 50.2. The van der Waals surface area contributed by atoms with Crippen molar-refractivity contribution in [3.63, 3.8) is 0 Å². The average Bonchev–Trinajstić information content (AvgIpc) is 2.53. The van der Waals surface area contributed by atoms with Crippen molar-refractivity contribution < 1.29 is 26.7 Å². The maximum Gasteiger partial charge on any atom is 0.337 e. The summed E-state index contributed by atoms with van der Waals surface area (Å²) in [6.07, 6.45) is 0.839. The quantitative estimate of drug-likeness (QED) is 0.824. The van der Waals surface area contributed by atoms with Gasteiger partial charge in [0.2, 0.25) is 0 Å². The highest BCUT2D eigenvalue weighted by Gasteiger charge is 2.34. The molecule has 1 N–H and O–H groups in total. The van der Waals surface area contributed by atoms with Gasteiger partial charge in [-0.1, -0.05) is 41.9 Å². The van der Waals surface area contributed by atoms with Gasteiger partial charge in [0.15, 0.2) is 19.7 Å². The fourth-order valence-electron chi connectivity index (χ4n) is 2.34. The van der Waals surface area contributed by atoms with Gasteiger partial charge in [0.05, 0.1) is 20.7 Å². The first-order valence-electron chi connectivity index (χ1n) is 7.02. The van der Waals surface area contributed by atoms with Gasteiger partial charge in [0.1, 0.15) is 4.90 Å². The number of halogens is 1. The van der Waals surface area contributed by atoms with E-state index in [2.05, 4.69) is 0 Å². The molecule has 0 heterocycles. The molecule has 0 aliphatic heterocycles. The molecule has 0 fully saturated rings. The number of sulfone groups is 2. The molecule has 2 aromatic carbocycles. The summed E-state index contributed by atoms with van der Waals surface area (Å²) in [5.41, 5.74) is -0.0494. The third kappa shape index (κ3) is 3.70. The van der Waals surface area contributed by atoms with Crippen molar-refractivity contribution >= 4 is 37.2 Å². The van der Waals surface area contributed by atoms with Gasteiger partial charge < -0.3 is 5.11 Å². The molecule has 25 heavy (non-hydrogen) atoms. The number of rotatable bonds is 5. The topological polar surface area (TPSA) is 106 Å². The number of carboxylic acids is 1. The molecule has 2 aromatic rings. The lowest BCUT2D eigenvalue weighted by Crippen LogP contribution is -2.17. The summed E-state index contributed by atoms with van der Waals surface area (Å²) in [6, 6.07) is 10.1. The number of carboxylic acid groups (broad SMARTS) is 1. The van der Waals surface area contributed by atoms with E-state index in [0.717, 1.165) is 18.4 Å². The second-order valence-corrected chi connectivity index (χ2v) is 10.00. The number of carbonyl (C=O) groups is 1. The van der Waals surface area contributed by atoms with Gasteiger partial charge in [-0.15, -0.1) is 0 Å². The van der Waals surface area contributed by atoms with Crippen molar-refractivity contribution in [1.29, 1.82) is 0 Å². The highest BCUT2D eigenvalue weighted by molar-refractivity contribution is 7.94. The van der Waals surface area contributed by atoms with E-state index in [0.29, 0.717) is 5.56 Å². The minimum atomic E-state index is -4.27. The van der Waals surface area contributed by atoms with Crippen LogP contribution >= 0.6 is 11.6 Å². The fraction of sp³-hybridized carbons (Fsp3) is 0.188. The van der Waals surface area contributed by atoms with Crippen LogP contribution in [-0.4, -0.2) is 34.2 Å². The zero-order chi connectivity index (χ0) is 19.0. The van der Waals surface area contributed by atoms with Gasteiger partial charge >= 0.3 is 5.97 Å². The molecular formula is C16H15ClO6S2. The van der Waals surface area contributed by atoms with E-state index in [1.807, 2.05) is 0 Å². The van der Waals surface area contributed by atoms with Gasteiger partial charge in [0, 0.05) is 6.26 Å². The number of hydrogen-bond acceptors (Lipinski definition) is 5. The van der Waals surface area contributed by atoms with E-state index in [-0.39, 0.29) is 0 Å². The molecular weight excluding hydrogens is 388 g/mol. The molecule has 0 aliphatic rings. The molecule has 2 rings (SSSR count). The normalized spacial score (nSPS) is 13.4. The third-order valence-corrected chi connectivity index (χ3v) is 7.68. The molecule has 0 spiro atoms. The molecule has 0 amide bonds. The average molecular weight is 403 g/mol. The van der Waals surface area contributed by atoms with Crippen LogP contribution in [0.2, 0.25) is 5.02 Å². The highest BCUT2D eigenvalue weighted by atomic mass is 35.5. The zero-order valence-corrected chi connectivity index (χ0v) is 15.7. The van der Waals surface area contributed by atoms with Gasteiger partial charge in [-0.05, 0) is 24.6 Å². The summed E-state index contributed by atoms with van der Waals surface area (Å²) in [5.74, 6) is -1.45. The molecule has 9 heteroatoms. The Morgan fingerprint density at radius 1 is 1.04 bits per heavy atom. The maximum atomic E-state index is 13.1. The van der Waals surface area contributed by atoms with Gasteiger partial charge in [-0.3, -0.25) is 0 Å². The first-order valence-corrected chi connectivity index (χ1v) is 10.8. The molecule has 1 atom stereocenters. The van der Waals surface area contributed by atoms with Crippen LogP contribution in [0.1, 0.15) is 28.1 Å². The largest absolute Gasteiger partial charge is 0.478 e. The Balaban J connectivity index is 2.84. The Labute approximate surface area is 150 Å². The van der Waals surface area contributed by atoms with Crippen molar-refractivity contribution in [2.24, 2.45) is 0 Å². The Bertz CT molecular complexity index is 1030. The standard InChI is InChI=1S/C16H15ClO6S2/c1-10(11-6-4-3-5-7-11)25(22,23)15-13(24(2,20)21)9-8-12(14(15)17)16(18)19/h3-10H,1-2H3,(H,18,19). The number of benzene rings is 2.